The first-order valence-corrected chi connectivity index (χ1v) is 6.68. The predicted molar refractivity (Wildman–Crippen MR) is 63.4 cm³/mol. The minimum absolute atomic E-state index is 0.116. The summed E-state index contributed by atoms with van der Waals surface area (Å²) in [6.07, 6.45) is 8.05. The van der Waals surface area contributed by atoms with Gasteiger partial charge in [-0.3, -0.25) is 9.69 Å². The van der Waals surface area contributed by atoms with Gasteiger partial charge in [0.1, 0.15) is 0 Å². The van der Waals surface area contributed by atoms with Crippen molar-refractivity contribution in [2.45, 2.75) is 64.0 Å². The first kappa shape index (κ1) is 11.9. The topological polar surface area (TPSA) is 40.5 Å². The molecule has 3 heteroatoms. The van der Waals surface area contributed by atoms with Crippen LogP contribution in [0.25, 0.3) is 0 Å². The van der Waals surface area contributed by atoms with E-state index in [1.165, 1.54) is 25.7 Å². The van der Waals surface area contributed by atoms with E-state index < -0.39 is 5.97 Å². The molecular weight excluding hydrogens is 202 g/mol. The number of aliphatic carboxylic acids is 1. The zero-order chi connectivity index (χ0) is 11.5. The highest BCUT2D eigenvalue weighted by atomic mass is 16.4. The van der Waals surface area contributed by atoms with E-state index in [-0.39, 0.29) is 5.92 Å². The Labute approximate surface area is 97.8 Å². The molecule has 92 valence electrons. The fourth-order valence-corrected chi connectivity index (χ4v) is 3.41. The Bertz CT molecular complexity index is 254. The predicted octanol–water partition coefficient (Wildman–Crippen LogP) is 2.50. The maximum atomic E-state index is 11.3. The second-order valence-corrected chi connectivity index (χ2v) is 5.38. The number of carboxylic acid groups (broad SMARTS) is 1. The largest absolute Gasteiger partial charge is 0.481 e. The highest BCUT2D eigenvalue weighted by Gasteiger charge is 2.37. The molecule has 0 spiro atoms. The van der Waals surface area contributed by atoms with Gasteiger partial charge in [0.15, 0.2) is 0 Å². The summed E-state index contributed by atoms with van der Waals surface area (Å²) in [5.41, 5.74) is 0. The van der Waals surface area contributed by atoms with Crippen molar-refractivity contribution in [3.63, 3.8) is 0 Å². The monoisotopic (exact) mass is 225 g/mol. The maximum absolute atomic E-state index is 11.3. The van der Waals surface area contributed by atoms with Gasteiger partial charge in [-0.25, -0.2) is 0 Å². The van der Waals surface area contributed by atoms with Crippen LogP contribution in [-0.4, -0.2) is 34.6 Å². The zero-order valence-corrected chi connectivity index (χ0v) is 10.2. The molecule has 2 fully saturated rings. The number of carboxylic acids is 1. The molecule has 2 aliphatic rings. The summed E-state index contributed by atoms with van der Waals surface area (Å²) in [6.45, 7) is 3.36. The van der Waals surface area contributed by atoms with Gasteiger partial charge in [-0.2, -0.15) is 0 Å². The standard InChI is InChI=1S/C13H23NO2/c1-10-6-4-5-9-14(10)12-8-3-2-7-11(12)13(15)16/h10-12H,2-9H2,1H3,(H,15,16). The summed E-state index contributed by atoms with van der Waals surface area (Å²) >= 11 is 0. The first-order chi connectivity index (χ1) is 7.70. The minimum Gasteiger partial charge on any atom is -0.481 e. The molecule has 1 saturated heterocycles. The summed E-state index contributed by atoms with van der Waals surface area (Å²) in [6, 6.07) is 0.889. The molecular formula is C13H23NO2. The SMILES string of the molecule is CC1CCCCN1C1CCCCC1C(=O)O. The van der Waals surface area contributed by atoms with Gasteiger partial charge in [-0.05, 0) is 39.2 Å². The van der Waals surface area contributed by atoms with Gasteiger partial charge >= 0.3 is 5.97 Å². The van der Waals surface area contributed by atoms with Crippen molar-refractivity contribution in [2.24, 2.45) is 5.92 Å². The van der Waals surface area contributed by atoms with Crippen LogP contribution in [0.2, 0.25) is 0 Å². The third-order valence-electron chi connectivity index (χ3n) is 4.33. The lowest BCUT2D eigenvalue weighted by molar-refractivity contribution is -0.146. The number of rotatable bonds is 2. The number of hydrogen-bond acceptors (Lipinski definition) is 2. The zero-order valence-electron chi connectivity index (χ0n) is 10.2. The number of likely N-dealkylation sites (tertiary alicyclic amines) is 1. The third kappa shape index (κ3) is 2.40. The van der Waals surface area contributed by atoms with E-state index in [0.717, 1.165) is 25.8 Å². The van der Waals surface area contributed by atoms with Crippen LogP contribution in [0.3, 0.4) is 0 Å². The lowest BCUT2D eigenvalue weighted by Crippen LogP contribution is -2.51. The molecule has 1 aliphatic heterocycles. The Morgan fingerprint density at radius 1 is 1.12 bits per heavy atom. The van der Waals surface area contributed by atoms with Gasteiger partial charge < -0.3 is 5.11 Å². The summed E-state index contributed by atoms with van der Waals surface area (Å²) in [7, 11) is 0. The lowest BCUT2D eigenvalue weighted by Gasteiger charge is -2.44. The molecule has 1 saturated carbocycles. The number of carbonyl (C=O) groups is 1. The van der Waals surface area contributed by atoms with Crippen LogP contribution >= 0.6 is 0 Å². The third-order valence-corrected chi connectivity index (χ3v) is 4.33. The first-order valence-electron chi connectivity index (χ1n) is 6.68. The van der Waals surface area contributed by atoms with Crippen molar-refractivity contribution in [1.29, 1.82) is 0 Å². The molecule has 3 nitrogen and oxygen atoms in total. The van der Waals surface area contributed by atoms with Gasteiger partial charge in [-0.15, -0.1) is 0 Å². The van der Waals surface area contributed by atoms with Crippen molar-refractivity contribution in [2.75, 3.05) is 6.54 Å². The highest BCUT2D eigenvalue weighted by molar-refractivity contribution is 5.71. The summed E-state index contributed by atoms with van der Waals surface area (Å²) < 4.78 is 0. The maximum Gasteiger partial charge on any atom is 0.308 e. The Balaban J connectivity index is 2.06. The molecule has 16 heavy (non-hydrogen) atoms. The lowest BCUT2D eigenvalue weighted by atomic mass is 9.82. The molecule has 0 amide bonds. The average Bonchev–Trinajstić information content (AvgIpc) is 2.29. The molecule has 0 bridgehead atoms. The molecule has 0 aromatic carbocycles. The van der Waals surface area contributed by atoms with Crippen LogP contribution in [0.5, 0.6) is 0 Å². The van der Waals surface area contributed by atoms with Crippen LogP contribution < -0.4 is 0 Å². The van der Waals surface area contributed by atoms with Crippen molar-refractivity contribution in [3.05, 3.63) is 0 Å². The summed E-state index contributed by atoms with van der Waals surface area (Å²) in [5.74, 6) is -0.697. The highest BCUT2D eigenvalue weighted by Crippen LogP contribution is 2.32. The molecule has 0 aromatic heterocycles. The van der Waals surface area contributed by atoms with Crippen molar-refractivity contribution < 1.29 is 9.90 Å². The van der Waals surface area contributed by atoms with Crippen LogP contribution in [0.4, 0.5) is 0 Å². The van der Waals surface area contributed by atoms with Gasteiger partial charge in [0, 0.05) is 12.1 Å². The quantitative estimate of drug-likeness (QED) is 0.785. The van der Waals surface area contributed by atoms with Crippen LogP contribution in [0.15, 0.2) is 0 Å². The van der Waals surface area contributed by atoms with E-state index >= 15 is 0 Å². The van der Waals surface area contributed by atoms with Crippen LogP contribution in [0, 0.1) is 5.92 Å². The van der Waals surface area contributed by atoms with Gasteiger partial charge in [0.05, 0.1) is 5.92 Å². The van der Waals surface area contributed by atoms with Crippen molar-refractivity contribution >= 4 is 5.97 Å². The molecule has 2 rings (SSSR count). The number of hydrogen-bond donors (Lipinski definition) is 1. The molecule has 3 unspecified atom stereocenters. The van der Waals surface area contributed by atoms with Gasteiger partial charge in [0.25, 0.3) is 0 Å². The normalized spacial score (nSPS) is 37.2. The van der Waals surface area contributed by atoms with E-state index in [4.69, 9.17) is 0 Å². The Morgan fingerprint density at radius 3 is 2.50 bits per heavy atom. The summed E-state index contributed by atoms with van der Waals surface area (Å²) in [5, 5.41) is 9.30. The van der Waals surface area contributed by atoms with Gasteiger partial charge in [0.2, 0.25) is 0 Å². The average molecular weight is 225 g/mol. The second kappa shape index (κ2) is 5.17. The van der Waals surface area contributed by atoms with E-state index in [1.807, 2.05) is 0 Å². The number of piperidine rings is 1. The van der Waals surface area contributed by atoms with E-state index in [0.29, 0.717) is 12.1 Å². The van der Waals surface area contributed by atoms with Gasteiger partial charge in [-0.1, -0.05) is 19.3 Å². The van der Waals surface area contributed by atoms with Crippen molar-refractivity contribution in [1.82, 2.24) is 4.90 Å². The summed E-state index contributed by atoms with van der Waals surface area (Å²) in [4.78, 5) is 13.8. The fraction of sp³-hybridized carbons (Fsp3) is 0.923. The fourth-order valence-electron chi connectivity index (χ4n) is 3.41. The molecule has 0 radical (unpaired) electrons. The van der Waals surface area contributed by atoms with E-state index in [9.17, 15) is 9.90 Å². The molecule has 1 heterocycles. The molecule has 1 N–H and O–H groups in total. The molecule has 0 aromatic rings. The second-order valence-electron chi connectivity index (χ2n) is 5.38. The smallest absolute Gasteiger partial charge is 0.308 e. The van der Waals surface area contributed by atoms with Crippen LogP contribution in [0.1, 0.15) is 51.9 Å². The Morgan fingerprint density at radius 2 is 1.81 bits per heavy atom. The van der Waals surface area contributed by atoms with Crippen LogP contribution in [-0.2, 0) is 4.79 Å². The van der Waals surface area contributed by atoms with E-state index in [1.54, 1.807) is 0 Å². The van der Waals surface area contributed by atoms with Crippen molar-refractivity contribution in [3.8, 4) is 0 Å². The van der Waals surface area contributed by atoms with E-state index in [2.05, 4.69) is 11.8 Å². The molecule has 1 aliphatic carbocycles. The Kier molecular flexibility index (Phi) is 3.85. The number of nitrogens with zero attached hydrogens (tertiary/aromatic N) is 1. The minimum atomic E-state index is -0.581. The Hall–Kier alpha value is -0.570. The molecule has 3 atom stereocenters.